The van der Waals surface area contributed by atoms with Gasteiger partial charge in [0.2, 0.25) is 0 Å². The molecule has 2 aromatic rings. The van der Waals surface area contributed by atoms with Crippen LogP contribution in [0.3, 0.4) is 0 Å². The molecule has 19 heavy (non-hydrogen) atoms. The second-order valence-corrected chi connectivity index (χ2v) is 6.37. The molecule has 1 atom stereocenters. The highest BCUT2D eigenvalue weighted by atomic mass is 32.2. The van der Waals surface area contributed by atoms with E-state index in [0.717, 1.165) is 17.6 Å². The van der Waals surface area contributed by atoms with E-state index in [-0.39, 0.29) is 11.1 Å². The molecule has 0 aromatic carbocycles. The Morgan fingerprint density at radius 3 is 2.53 bits per heavy atom. The zero-order valence-electron chi connectivity index (χ0n) is 11.0. The van der Waals surface area contributed by atoms with E-state index in [1.807, 2.05) is 20.0 Å². The van der Waals surface area contributed by atoms with Crippen LogP contribution >= 0.6 is 0 Å². The van der Waals surface area contributed by atoms with Crippen molar-refractivity contribution >= 4 is 15.5 Å². The van der Waals surface area contributed by atoms with Gasteiger partial charge in [0.15, 0.2) is 14.9 Å². The van der Waals surface area contributed by atoms with E-state index in [0.29, 0.717) is 0 Å². The van der Waals surface area contributed by atoms with Gasteiger partial charge in [0, 0.05) is 19.5 Å². The van der Waals surface area contributed by atoms with E-state index >= 15 is 0 Å². The topological polar surface area (TPSA) is 76.9 Å². The van der Waals surface area contributed by atoms with Crippen LogP contribution in [0.4, 0.5) is 5.69 Å². The quantitative estimate of drug-likeness (QED) is 0.916. The molecule has 0 radical (unpaired) electrons. The average Bonchev–Trinajstić information content (AvgIpc) is 2.75. The van der Waals surface area contributed by atoms with Gasteiger partial charge in [-0.25, -0.2) is 13.4 Å². The van der Waals surface area contributed by atoms with E-state index in [1.54, 1.807) is 16.9 Å². The maximum Gasteiger partial charge on any atom is 0.192 e. The van der Waals surface area contributed by atoms with Crippen LogP contribution in [0.5, 0.6) is 0 Å². The number of hydrogen-bond acceptors (Lipinski definition) is 5. The first kappa shape index (κ1) is 13.5. The Balaban J connectivity index is 2.14. The van der Waals surface area contributed by atoms with Crippen molar-refractivity contribution in [1.29, 1.82) is 0 Å². The number of pyridine rings is 1. The molecule has 0 saturated carbocycles. The molecule has 0 amide bonds. The molecule has 1 N–H and O–H groups in total. The third kappa shape index (κ3) is 3.11. The van der Waals surface area contributed by atoms with Crippen molar-refractivity contribution in [1.82, 2.24) is 14.8 Å². The summed E-state index contributed by atoms with van der Waals surface area (Å²) in [4.78, 5) is 3.93. The SMILES string of the molecule is CC(Nc1ccc(S(C)(=O)=O)nc1)c1ccnn1C. The number of aryl methyl sites for hydroxylation is 1. The average molecular weight is 280 g/mol. The Hall–Kier alpha value is -1.89. The molecule has 0 aliphatic carbocycles. The van der Waals surface area contributed by atoms with Crippen LogP contribution in [0.1, 0.15) is 18.7 Å². The van der Waals surface area contributed by atoms with Gasteiger partial charge in [0.25, 0.3) is 0 Å². The third-order valence-corrected chi connectivity index (χ3v) is 3.80. The van der Waals surface area contributed by atoms with Crippen molar-refractivity contribution in [2.24, 2.45) is 7.05 Å². The smallest absolute Gasteiger partial charge is 0.192 e. The number of hydrogen-bond donors (Lipinski definition) is 1. The monoisotopic (exact) mass is 280 g/mol. The lowest BCUT2D eigenvalue weighted by atomic mass is 10.2. The zero-order valence-corrected chi connectivity index (χ0v) is 11.8. The minimum atomic E-state index is -3.25. The summed E-state index contributed by atoms with van der Waals surface area (Å²) in [7, 11) is -1.38. The van der Waals surface area contributed by atoms with E-state index < -0.39 is 9.84 Å². The summed E-state index contributed by atoms with van der Waals surface area (Å²) in [6.07, 6.45) is 4.39. The molecule has 0 bridgehead atoms. The van der Waals surface area contributed by atoms with Gasteiger partial charge >= 0.3 is 0 Å². The molecular weight excluding hydrogens is 264 g/mol. The molecule has 2 aromatic heterocycles. The van der Waals surface area contributed by atoms with Gasteiger partial charge in [-0.15, -0.1) is 0 Å². The summed E-state index contributed by atoms with van der Waals surface area (Å²) < 4.78 is 24.4. The number of aromatic nitrogens is 3. The lowest BCUT2D eigenvalue weighted by molar-refractivity contribution is 0.598. The lowest BCUT2D eigenvalue weighted by Gasteiger charge is -2.15. The van der Waals surface area contributed by atoms with Gasteiger partial charge in [0.1, 0.15) is 0 Å². The molecule has 6 nitrogen and oxygen atoms in total. The Kier molecular flexibility index (Phi) is 3.57. The maximum absolute atomic E-state index is 11.3. The summed E-state index contributed by atoms with van der Waals surface area (Å²) in [6, 6.07) is 5.18. The first-order valence-corrected chi connectivity index (χ1v) is 7.67. The van der Waals surface area contributed by atoms with E-state index in [1.165, 1.54) is 12.3 Å². The summed E-state index contributed by atoms with van der Waals surface area (Å²) in [5.74, 6) is 0. The van der Waals surface area contributed by atoms with Crippen LogP contribution < -0.4 is 5.32 Å². The summed E-state index contributed by atoms with van der Waals surface area (Å²) in [6.45, 7) is 2.00. The van der Waals surface area contributed by atoms with Crippen LogP contribution in [-0.2, 0) is 16.9 Å². The minimum absolute atomic E-state index is 0.0541. The van der Waals surface area contributed by atoms with Gasteiger partial charge in [-0.3, -0.25) is 4.68 Å². The Morgan fingerprint density at radius 1 is 1.32 bits per heavy atom. The van der Waals surface area contributed by atoms with Crippen LogP contribution in [0.25, 0.3) is 0 Å². The summed E-state index contributed by atoms with van der Waals surface area (Å²) in [5, 5.41) is 7.43. The molecular formula is C12H16N4O2S. The lowest BCUT2D eigenvalue weighted by Crippen LogP contribution is -2.11. The Labute approximate surface area is 112 Å². The fraction of sp³-hybridized carbons (Fsp3) is 0.333. The fourth-order valence-corrected chi connectivity index (χ4v) is 2.38. The molecule has 0 spiro atoms. The van der Waals surface area contributed by atoms with Gasteiger partial charge in [-0.1, -0.05) is 0 Å². The normalized spacial score (nSPS) is 13.2. The minimum Gasteiger partial charge on any atom is -0.376 e. The molecule has 0 aliphatic rings. The van der Waals surface area contributed by atoms with E-state index in [4.69, 9.17) is 0 Å². The molecule has 0 saturated heterocycles. The van der Waals surface area contributed by atoms with Crippen molar-refractivity contribution in [3.63, 3.8) is 0 Å². The largest absolute Gasteiger partial charge is 0.376 e. The third-order valence-electron chi connectivity index (χ3n) is 2.80. The molecule has 102 valence electrons. The number of rotatable bonds is 4. The first-order valence-electron chi connectivity index (χ1n) is 5.78. The van der Waals surface area contributed by atoms with Gasteiger partial charge < -0.3 is 5.32 Å². The highest BCUT2D eigenvalue weighted by Gasteiger charge is 2.11. The number of anilines is 1. The van der Waals surface area contributed by atoms with Crippen molar-refractivity contribution in [2.75, 3.05) is 11.6 Å². The van der Waals surface area contributed by atoms with Crippen molar-refractivity contribution < 1.29 is 8.42 Å². The standard InChI is InChI=1S/C12H16N4O2S/c1-9(11-6-7-14-16(11)2)15-10-4-5-12(13-8-10)19(3,17)18/h4-9,15H,1-3H3. The van der Waals surface area contributed by atoms with Crippen molar-refractivity contribution in [3.8, 4) is 0 Å². The van der Waals surface area contributed by atoms with Crippen LogP contribution in [0, 0.1) is 0 Å². The number of sulfone groups is 1. The molecule has 0 fully saturated rings. The fourth-order valence-electron chi connectivity index (χ4n) is 1.82. The van der Waals surface area contributed by atoms with Crippen LogP contribution in [0.2, 0.25) is 0 Å². The zero-order chi connectivity index (χ0) is 14.0. The Morgan fingerprint density at radius 2 is 2.05 bits per heavy atom. The van der Waals surface area contributed by atoms with Crippen molar-refractivity contribution in [2.45, 2.75) is 18.0 Å². The van der Waals surface area contributed by atoms with Gasteiger partial charge in [-0.05, 0) is 25.1 Å². The molecule has 2 heterocycles. The number of nitrogens with one attached hydrogen (secondary N) is 1. The van der Waals surface area contributed by atoms with E-state index in [2.05, 4.69) is 15.4 Å². The molecule has 1 unspecified atom stereocenters. The Bertz CT molecular complexity index is 661. The second-order valence-electron chi connectivity index (χ2n) is 4.40. The molecule has 2 rings (SSSR count). The summed E-state index contributed by atoms with van der Waals surface area (Å²) >= 11 is 0. The highest BCUT2D eigenvalue weighted by molar-refractivity contribution is 7.90. The molecule has 0 aliphatic heterocycles. The summed E-state index contributed by atoms with van der Waals surface area (Å²) in [5.41, 5.74) is 1.80. The second kappa shape index (κ2) is 5.00. The van der Waals surface area contributed by atoms with Crippen LogP contribution in [-0.4, -0.2) is 29.4 Å². The maximum atomic E-state index is 11.3. The van der Waals surface area contributed by atoms with E-state index in [9.17, 15) is 8.42 Å². The first-order chi connectivity index (χ1) is 8.88. The van der Waals surface area contributed by atoms with Crippen molar-refractivity contribution in [3.05, 3.63) is 36.3 Å². The number of nitrogens with zero attached hydrogens (tertiary/aromatic N) is 3. The van der Waals surface area contributed by atoms with Crippen LogP contribution in [0.15, 0.2) is 35.6 Å². The van der Waals surface area contributed by atoms with Gasteiger partial charge in [0.05, 0.1) is 23.6 Å². The predicted octanol–water partition coefficient (Wildman–Crippen LogP) is 1.39. The molecule has 7 heteroatoms. The highest BCUT2D eigenvalue weighted by Crippen LogP contribution is 2.18. The predicted molar refractivity (Wildman–Crippen MR) is 72.6 cm³/mol. The van der Waals surface area contributed by atoms with Gasteiger partial charge in [-0.2, -0.15) is 5.10 Å².